The van der Waals surface area contributed by atoms with Gasteiger partial charge in [-0.05, 0) is 36.2 Å². The Morgan fingerprint density at radius 1 is 1.11 bits per heavy atom. The van der Waals surface area contributed by atoms with Crippen molar-refractivity contribution in [3.63, 3.8) is 0 Å². The van der Waals surface area contributed by atoms with Crippen molar-refractivity contribution in [2.45, 2.75) is 13.5 Å². The Balaban J connectivity index is 1.88. The lowest BCUT2D eigenvalue weighted by molar-refractivity contribution is 0.377. The van der Waals surface area contributed by atoms with E-state index in [4.69, 9.17) is 13.7 Å². The third-order valence-corrected chi connectivity index (χ3v) is 4.35. The zero-order valence-corrected chi connectivity index (χ0v) is 14.8. The molecule has 0 aliphatic heterocycles. The quantitative estimate of drug-likeness (QED) is 0.517. The van der Waals surface area contributed by atoms with E-state index in [1.165, 1.54) is 10.6 Å². The Bertz CT molecular complexity index is 1250. The molecule has 0 amide bonds. The Labute approximate surface area is 153 Å². The summed E-state index contributed by atoms with van der Waals surface area (Å²) in [5.41, 5.74) is 2.23. The van der Waals surface area contributed by atoms with Gasteiger partial charge in [0.25, 0.3) is 0 Å². The lowest BCUT2D eigenvalue weighted by Gasteiger charge is -2.10. The summed E-state index contributed by atoms with van der Waals surface area (Å²) in [6.45, 7) is 2.03. The van der Waals surface area contributed by atoms with Crippen LogP contribution in [0.4, 0.5) is 0 Å². The van der Waals surface area contributed by atoms with Crippen LogP contribution in [0.5, 0.6) is 5.75 Å². The van der Waals surface area contributed by atoms with Crippen molar-refractivity contribution in [3.8, 4) is 17.1 Å². The van der Waals surface area contributed by atoms with E-state index in [1.807, 2.05) is 31.2 Å². The van der Waals surface area contributed by atoms with Gasteiger partial charge in [0.15, 0.2) is 5.82 Å². The van der Waals surface area contributed by atoms with Crippen molar-refractivity contribution in [1.82, 2.24) is 9.72 Å². The van der Waals surface area contributed by atoms with Gasteiger partial charge in [-0.1, -0.05) is 29.4 Å². The largest absolute Gasteiger partial charge is 0.496 e. The van der Waals surface area contributed by atoms with Crippen LogP contribution in [-0.4, -0.2) is 16.8 Å². The molecule has 0 atom stereocenters. The van der Waals surface area contributed by atoms with E-state index in [0.717, 1.165) is 10.9 Å². The first-order chi connectivity index (χ1) is 13.1. The zero-order valence-electron chi connectivity index (χ0n) is 14.8. The molecule has 0 unspecified atom stereocenters. The molecule has 0 spiro atoms. The summed E-state index contributed by atoms with van der Waals surface area (Å²) in [6, 6.07) is 14.1. The maximum absolute atomic E-state index is 12.3. The van der Waals surface area contributed by atoms with Crippen molar-refractivity contribution in [2.75, 3.05) is 7.11 Å². The van der Waals surface area contributed by atoms with E-state index in [1.54, 1.807) is 25.3 Å². The van der Waals surface area contributed by atoms with Crippen LogP contribution in [0.15, 0.2) is 67.1 Å². The molecule has 0 aliphatic carbocycles. The molecule has 0 saturated heterocycles. The molecule has 0 bridgehead atoms. The standard InChI is InChI=1S/C20H16N2O5/c1-12-7-8-14-13(10-18(23)26-17(14)9-12)11-22-19(21-27-20(22)24)15-5-3-4-6-16(15)25-2/h3-10H,11H2,1-2H3. The smallest absolute Gasteiger partial charge is 0.442 e. The Kier molecular flexibility index (Phi) is 4.12. The Morgan fingerprint density at radius 2 is 1.93 bits per heavy atom. The fourth-order valence-electron chi connectivity index (χ4n) is 3.07. The van der Waals surface area contributed by atoms with Crippen molar-refractivity contribution < 1.29 is 13.7 Å². The average Bonchev–Trinajstić information content (AvgIpc) is 3.01. The second-order valence-electron chi connectivity index (χ2n) is 6.15. The SMILES string of the molecule is COc1ccccc1-c1noc(=O)n1Cc1cc(=O)oc2cc(C)ccc12. The third kappa shape index (κ3) is 3.03. The van der Waals surface area contributed by atoms with Crippen molar-refractivity contribution in [3.05, 3.63) is 80.6 Å². The molecule has 0 N–H and O–H groups in total. The van der Waals surface area contributed by atoms with Crippen LogP contribution in [0, 0.1) is 6.92 Å². The van der Waals surface area contributed by atoms with E-state index < -0.39 is 11.4 Å². The van der Waals surface area contributed by atoms with Gasteiger partial charge in [-0.2, -0.15) is 0 Å². The highest BCUT2D eigenvalue weighted by Gasteiger charge is 2.18. The number of hydrogen-bond donors (Lipinski definition) is 0. The minimum Gasteiger partial charge on any atom is -0.496 e. The monoisotopic (exact) mass is 364 g/mol. The number of benzene rings is 2. The molecular formula is C20H16N2O5. The highest BCUT2D eigenvalue weighted by Crippen LogP contribution is 2.28. The predicted molar refractivity (Wildman–Crippen MR) is 99.1 cm³/mol. The second-order valence-corrected chi connectivity index (χ2v) is 6.15. The van der Waals surface area contributed by atoms with Gasteiger partial charge in [0.05, 0.1) is 19.2 Å². The molecule has 0 radical (unpaired) electrons. The highest BCUT2D eigenvalue weighted by molar-refractivity contribution is 5.80. The molecule has 0 aliphatic rings. The predicted octanol–water partition coefficient (Wildman–Crippen LogP) is 2.98. The van der Waals surface area contributed by atoms with E-state index in [9.17, 15) is 9.59 Å². The zero-order chi connectivity index (χ0) is 19.0. The number of nitrogens with zero attached hydrogens (tertiary/aromatic N) is 2. The van der Waals surface area contributed by atoms with E-state index in [0.29, 0.717) is 28.3 Å². The molecule has 136 valence electrons. The summed E-state index contributed by atoms with van der Waals surface area (Å²) >= 11 is 0. The molecule has 2 aromatic heterocycles. The maximum atomic E-state index is 12.3. The molecule has 4 rings (SSSR count). The molecule has 27 heavy (non-hydrogen) atoms. The number of methoxy groups -OCH3 is 1. The number of aryl methyl sites for hydroxylation is 1. The normalized spacial score (nSPS) is 11.0. The van der Waals surface area contributed by atoms with Crippen LogP contribution in [0.1, 0.15) is 11.1 Å². The van der Waals surface area contributed by atoms with Gasteiger partial charge in [0, 0.05) is 11.5 Å². The van der Waals surface area contributed by atoms with Gasteiger partial charge in [0.2, 0.25) is 0 Å². The van der Waals surface area contributed by atoms with Crippen molar-refractivity contribution >= 4 is 11.0 Å². The van der Waals surface area contributed by atoms with Gasteiger partial charge in [-0.25, -0.2) is 9.59 Å². The second kappa shape index (κ2) is 6.60. The summed E-state index contributed by atoms with van der Waals surface area (Å²) in [5.74, 6) is 0.267. The van der Waals surface area contributed by atoms with Crippen LogP contribution in [0.25, 0.3) is 22.4 Å². The first-order valence-electron chi connectivity index (χ1n) is 8.30. The van der Waals surface area contributed by atoms with E-state index >= 15 is 0 Å². The van der Waals surface area contributed by atoms with Crippen LogP contribution < -0.4 is 16.1 Å². The molecule has 0 fully saturated rings. The van der Waals surface area contributed by atoms with Crippen molar-refractivity contribution in [2.24, 2.45) is 0 Å². The van der Waals surface area contributed by atoms with Crippen LogP contribution in [0.2, 0.25) is 0 Å². The van der Waals surface area contributed by atoms with Crippen LogP contribution in [-0.2, 0) is 6.54 Å². The van der Waals surface area contributed by atoms with Crippen LogP contribution >= 0.6 is 0 Å². The fourth-order valence-corrected chi connectivity index (χ4v) is 3.07. The topological polar surface area (TPSA) is 87.5 Å². The number of rotatable bonds is 4. The van der Waals surface area contributed by atoms with Gasteiger partial charge in [-0.3, -0.25) is 9.09 Å². The number of ether oxygens (including phenoxy) is 1. The lowest BCUT2D eigenvalue weighted by Crippen LogP contribution is -2.17. The lowest BCUT2D eigenvalue weighted by atomic mass is 10.1. The van der Waals surface area contributed by atoms with E-state index in [-0.39, 0.29) is 6.54 Å². The number of hydrogen-bond acceptors (Lipinski definition) is 6. The van der Waals surface area contributed by atoms with E-state index in [2.05, 4.69) is 5.16 Å². The summed E-state index contributed by atoms with van der Waals surface area (Å²) in [5, 5.41) is 4.65. The third-order valence-electron chi connectivity index (χ3n) is 4.35. The Morgan fingerprint density at radius 3 is 2.74 bits per heavy atom. The van der Waals surface area contributed by atoms with Crippen LogP contribution in [0.3, 0.4) is 0 Å². The summed E-state index contributed by atoms with van der Waals surface area (Å²) < 4.78 is 16.9. The summed E-state index contributed by atoms with van der Waals surface area (Å²) in [6.07, 6.45) is 0. The van der Waals surface area contributed by atoms with Gasteiger partial charge in [-0.15, -0.1) is 0 Å². The molecular weight excluding hydrogens is 348 g/mol. The molecule has 7 nitrogen and oxygen atoms in total. The highest BCUT2D eigenvalue weighted by atomic mass is 16.5. The summed E-state index contributed by atoms with van der Waals surface area (Å²) in [4.78, 5) is 24.3. The first kappa shape index (κ1) is 16.8. The number of para-hydroxylation sites is 1. The summed E-state index contributed by atoms with van der Waals surface area (Å²) in [7, 11) is 1.54. The molecule has 2 aromatic carbocycles. The fraction of sp³-hybridized carbons (Fsp3) is 0.150. The minimum atomic E-state index is -0.621. The number of aromatic nitrogens is 2. The minimum absolute atomic E-state index is 0.112. The Hall–Kier alpha value is -3.61. The maximum Gasteiger partial charge on any atom is 0.442 e. The number of fused-ring (bicyclic) bond motifs is 1. The average molecular weight is 364 g/mol. The molecule has 4 aromatic rings. The molecule has 0 saturated carbocycles. The van der Waals surface area contributed by atoms with Gasteiger partial charge < -0.3 is 9.15 Å². The van der Waals surface area contributed by atoms with Gasteiger partial charge >= 0.3 is 11.4 Å². The van der Waals surface area contributed by atoms with Crippen molar-refractivity contribution in [1.29, 1.82) is 0 Å². The van der Waals surface area contributed by atoms with Gasteiger partial charge in [0.1, 0.15) is 11.3 Å². The first-order valence-corrected chi connectivity index (χ1v) is 8.30. The molecule has 7 heteroatoms. The molecule has 2 heterocycles.